The van der Waals surface area contributed by atoms with Crippen LogP contribution in [0.1, 0.15) is 287 Å². The average Bonchev–Trinajstić information content (AvgIpc) is 3.26. The van der Waals surface area contributed by atoms with Crippen LogP contribution in [0, 0.1) is 21.7 Å². The van der Waals surface area contributed by atoms with E-state index in [9.17, 15) is 4.79 Å². The molecule has 1 aromatic rings. The number of benzene rings is 1. The van der Waals surface area contributed by atoms with E-state index in [2.05, 4.69) is 106 Å². The maximum absolute atomic E-state index is 13.4. The van der Waals surface area contributed by atoms with Crippen LogP contribution in [0.3, 0.4) is 0 Å². The highest BCUT2D eigenvalue weighted by Gasteiger charge is 2.56. The van der Waals surface area contributed by atoms with Crippen molar-refractivity contribution in [1.29, 1.82) is 0 Å². The van der Waals surface area contributed by atoms with Gasteiger partial charge in [-0.05, 0) is 86.5 Å². The Morgan fingerprint density at radius 1 is 0.448 bits per heavy atom. The van der Waals surface area contributed by atoms with Gasteiger partial charge in [0.2, 0.25) is 0 Å². The Balaban J connectivity index is 3.48. The van der Waals surface area contributed by atoms with Gasteiger partial charge in [-0.3, -0.25) is 0 Å². The predicted molar refractivity (Wildman–Crippen MR) is 291 cm³/mol. The van der Waals surface area contributed by atoms with Crippen LogP contribution in [-0.4, -0.2) is 38.4 Å². The molecule has 0 N–H and O–H groups in total. The monoisotopic (exact) mass is 939 g/mol. The summed E-state index contributed by atoms with van der Waals surface area (Å²) in [6.07, 6.45) is 38.8. The number of hydrogen-bond acceptors (Lipinski definition) is 5. The van der Waals surface area contributed by atoms with Gasteiger partial charge in [0, 0.05) is 5.57 Å². The molecule has 67 heavy (non-hydrogen) atoms. The van der Waals surface area contributed by atoms with Gasteiger partial charge in [0.25, 0.3) is 5.97 Å². The lowest BCUT2D eigenvalue weighted by molar-refractivity contribution is -0.437. The standard InChI is InChI=1S/C62H114O5/c1-13-14-15-16-29-39-49-61(54-64-57(63)55(2)3,50-45-56-43-34-33-35-44-56)62(65-51-40-30-23-17-20-26-36-46-58(4,5)6,66-52-41-31-24-18-21-27-37-47-59(7,8)9)67-53-42-32-25-19-22-28-38-48-60(10,11)12/h33-35,43-44H,2,13-32,36-42,45-54H2,1,3-12H3. The Labute approximate surface area is 418 Å². The lowest BCUT2D eigenvalue weighted by Gasteiger charge is -2.49. The van der Waals surface area contributed by atoms with Crippen LogP contribution in [-0.2, 0) is 30.2 Å². The first-order valence-electron chi connectivity index (χ1n) is 28.6. The number of carbonyl (C=O) groups excluding carboxylic acids is 1. The summed E-state index contributed by atoms with van der Waals surface area (Å²) >= 11 is 0. The van der Waals surface area contributed by atoms with E-state index < -0.39 is 11.4 Å². The molecule has 1 rings (SSSR count). The molecule has 0 amide bonds. The summed E-state index contributed by atoms with van der Waals surface area (Å²) in [6, 6.07) is 10.8. The second-order valence-corrected chi connectivity index (χ2v) is 24.6. The van der Waals surface area contributed by atoms with Crippen molar-refractivity contribution in [2.45, 2.75) is 294 Å². The van der Waals surface area contributed by atoms with E-state index in [1.807, 2.05) is 0 Å². The molecule has 392 valence electrons. The molecule has 0 aliphatic carbocycles. The van der Waals surface area contributed by atoms with Gasteiger partial charge in [-0.15, -0.1) is 0 Å². The number of rotatable bonds is 44. The van der Waals surface area contributed by atoms with Gasteiger partial charge < -0.3 is 18.9 Å². The van der Waals surface area contributed by atoms with Gasteiger partial charge in [0.05, 0.1) is 25.2 Å². The highest BCUT2D eigenvalue weighted by molar-refractivity contribution is 5.86. The first-order chi connectivity index (χ1) is 31.8. The van der Waals surface area contributed by atoms with Gasteiger partial charge in [0.15, 0.2) is 0 Å². The lowest BCUT2D eigenvalue weighted by atomic mass is 9.75. The van der Waals surface area contributed by atoms with Gasteiger partial charge in [-0.1, -0.05) is 260 Å². The first kappa shape index (κ1) is 63.3. The van der Waals surface area contributed by atoms with Crippen LogP contribution in [0.15, 0.2) is 42.5 Å². The number of esters is 1. The van der Waals surface area contributed by atoms with Crippen LogP contribution < -0.4 is 0 Å². The molecule has 0 heterocycles. The van der Waals surface area contributed by atoms with Crippen molar-refractivity contribution in [3.8, 4) is 0 Å². The summed E-state index contributed by atoms with van der Waals surface area (Å²) in [5.74, 6) is -1.69. The summed E-state index contributed by atoms with van der Waals surface area (Å²) in [5.41, 5.74) is 2.22. The maximum atomic E-state index is 13.4. The van der Waals surface area contributed by atoms with Crippen molar-refractivity contribution in [3.63, 3.8) is 0 Å². The lowest BCUT2D eigenvalue weighted by Crippen LogP contribution is -2.58. The molecule has 0 saturated carbocycles. The van der Waals surface area contributed by atoms with E-state index in [-0.39, 0.29) is 12.6 Å². The maximum Gasteiger partial charge on any atom is 0.333 e. The molecule has 0 aliphatic heterocycles. The van der Waals surface area contributed by atoms with E-state index in [4.69, 9.17) is 18.9 Å². The SMILES string of the molecule is C=C(C)C(=O)OCC(CCCCCCCC)(CCc1ccccc1)C(OCCCCCCCCCC(C)(C)C)(OCCCCCCCCCC(C)(C)C)OCCCCCCCCCC(C)(C)C. The zero-order valence-electron chi connectivity index (χ0n) is 46.8. The fourth-order valence-corrected chi connectivity index (χ4v) is 9.39. The van der Waals surface area contributed by atoms with Crippen molar-refractivity contribution < 1.29 is 23.7 Å². The highest BCUT2D eigenvalue weighted by atomic mass is 16.9. The third-order valence-corrected chi connectivity index (χ3v) is 13.8. The largest absolute Gasteiger partial charge is 0.461 e. The van der Waals surface area contributed by atoms with Gasteiger partial charge in [-0.25, -0.2) is 4.79 Å². The molecule has 0 spiro atoms. The quantitative estimate of drug-likeness (QED) is 0.0282. The van der Waals surface area contributed by atoms with Crippen LogP contribution in [0.5, 0.6) is 0 Å². The molecular formula is C62H114O5. The highest BCUT2D eigenvalue weighted by Crippen LogP contribution is 2.47. The number of aryl methyl sites for hydroxylation is 1. The number of unbranched alkanes of at least 4 members (excludes halogenated alkanes) is 23. The molecule has 1 atom stereocenters. The van der Waals surface area contributed by atoms with E-state index in [1.165, 1.54) is 147 Å². The fraction of sp³-hybridized carbons (Fsp3) is 0.855. The van der Waals surface area contributed by atoms with Gasteiger partial charge in [0.1, 0.15) is 6.61 Å². The van der Waals surface area contributed by atoms with Crippen LogP contribution in [0.2, 0.25) is 0 Å². The Morgan fingerprint density at radius 2 is 0.776 bits per heavy atom. The molecule has 5 nitrogen and oxygen atoms in total. The average molecular weight is 940 g/mol. The molecule has 0 aromatic heterocycles. The minimum absolute atomic E-state index is 0.179. The van der Waals surface area contributed by atoms with Crippen molar-refractivity contribution in [1.82, 2.24) is 0 Å². The molecule has 0 saturated heterocycles. The van der Waals surface area contributed by atoms with E-state index >= 15 is 0 Å². The van der Waals surface area contributed by atoms with E-state index in [0.29, 0.717) is 41.6 Å². The van der Waals surface area contributed by atoms with Crippen LogP contribution >= 0.6 is 0 Å². The second-order valence-electron chi connectivity index (χ2n) is 24.6. The number of ether oxygens (including phenoxy) is 4. The Bertz CT molecular complexity index is 1230. The van der Waals surface area contributed by atoms with Crippen molar-refractivity contribution in [3.05, 3.63) is 48.0 Å². The topological polar surface area (TPSA) is 54.0 Å². The third kappa shape index (κ3) is 34.3. The molecule has 0 bridgehead atoms. The summed E-state index contributed by atoms with van der Waals surface area (Å²) in [6.45, 7) is 31.0. The minimum Gasteiger partial charge on any atom is -0.461 e. The number of carbonyl (C=O) groups is 1. The Kier molecular flexibility index (Phi) is 35.1. The van der Waals surface area contributed by atoms with E-state index in [0.717, 1.165) is 70.6 Å². The molecule has 0 radical (unpaired) electrons. The predicted octanol–water partition coefficient (Wildman–Crippen LogP) is 19.7. The third-order valence-electron chi connectivity index (χ3n) is 13.8. The first-order valence-corrected chi connectivity index (χ1v) is 28.6. The van der Waals surface area contributed by atoms with Gasteiger partial charge >= 0.3 is 5.97 Å². The van der Waals surface area contributed by atoms with Crippen LogP contribution in [0.25, 0.3) is 0 Å². The normalized spacial score (nSPS) is 13.5. The molecule has 1 unspecified atom stereocenters. The second kappa shape index (κ2) is 37.1. The van der Waals surface area contributed by atoms with Crippen molar-refractivity contribution in [2.75, 3.05) is 26.4 Å². The fourth-order valence-electron chi connectivity index (χ4n) is 9.39. The molecular weight excluding hydrogens is 825 g/mol. The van der Waals surface area contributed by atoms with E-state index in [1.54, 1.807) is 6.92 Å². The summed E-state index contributed by atoms with van der Waals surface area (Å²) < 4.78 is 28.2. The Morgan fingerprint density at radius 3 is 1.12 bits per heavy atom. The molecule has 0 fully saturated rings. The molecule has 0 aliphatic rings. The summed E-state index contributed by atoms with van der Waals surface area (Å²) in [7, 11) is 0. The van der Waals surface area contributed by atoms with Crippen LogP contribution in [0.4, 0.5) is 0 Å². The molecule has 5 heteroatoms. The number of hydrogen-bond donors (Lipinski definition) is 0. The minimum atomic E-state index is -1.34. The summed E-state index contributed by atoms with van der Waals surface area (Å²) in [5, 5.41) is 0. The van der Waals surface area contributed by atoms with Crippen molar-refractivity contribution >= 4 is 5.97 Å². The van der Waals surface area contributed by atoms with Gasteiger partial charge in [-0.2, -0.15) is 0 Å². The zero-order valence-corrected chi connectivity index (χ0v) is 46.8. The summed E-state index contributed by atoms with van der Waals surface area (Å²) in [4.78, 5) is 13.4. The van der Waals surface area contributed by atoms with Crippen molar-refractivity contribution in [2.24, 2.45) is 21.7 Å². The smallest absolute Gasteiger partial charge is 0.333 e. The zero-order chi connectivity index (χ0) is 49.8. The Hall–Kier alpha value is -1.69. The molecule has 1 aromatic carbocycles.